The first-order valence-corrected chi connectivity index (χ1v) is 6.39. The number of anilines is 1. The number of aromatic nitrogens is 2. The minimum Gasteiger partial charge on any atom is -0.477 e. The second kappa shape index (κ2) is 7.09. The number of ether oxygens (including phenoxy) is 1. The number of nitrogens with zero attached hydrogens (tertiary/aromatic N) is 2. The maximum atomic E-state index is 5.72. The van der Waals surface area contributed by atoms with E-state index in [0.717, 1.165) is 36.6 Å². The number of rotatable bonds is 7. The van der Waals surface area contributed by atoms with Gasteiger partial charge in [0.05, 0.1) is 12.2 Å². The van der Waals surface area contributed by atoms with Crippen molar-refractivity contribution in [3.05, 3.63) is 11.9 Å². The maximum Gasteiger partial charge on any atom is 0.221 e. The van der Waals surface area contributed by atoms with Crippen molar-refractivity contribution in [3.8, 4) is 5.88 Å². The van der Waals surface area contributed by atoms with Gasteiger partial charge in [0.1, 0.15) is 12.1 Å². The van der Waals surface area contributed by atoms with Crippen LogP contribution in [-0.2, 0) is 6.42 Å². The fraction of sp³-hybridized carbons (Fsp3) is 0.692. The minimum atomic E-state index is 0.502. The minimum absolute atomic E-state index is 0.502. The van der Waals surface area contributed by atoms with Gasteiger partial charge in [0, 0.05) is 6.54 Å². The van der Waals surface area contributed by atoms with Gasteiger partial charge in [-0.3, -0.25) is 0 Å². The Morgan fingerprint density at radius 1 is 1.29 bits per heavy atom. The second-order valence-corrected chi connectivity index (χ2v) is 4.49. The first-order valence-electron chi connectivity index (χ1n) is 6.39. The molecule has 0 spiro atoms. The van der Waals surface area contributed by atoms with Crippen molar-refractivity contribution < 1.29 is 4.74 Å². The SMILES string of the molecule is CCCNc1ncnc(OCC(C)C)c1CC. The molecule has 17 heavy (non-hydrogen) atoms. The molecule has 0 saturated heterocycles. The Morgan fingerprint density at radius 3 is 2.65 bits per heavy atom. The zero-order valence-corrected chi connectivity index (χ0v) is 11.3. The standard InChI is InChI=1S/C13H23N3O/c1-5-7-14-12-11(6-2)13(16-9-15-12)17-8-10(3)4/h9-10H,5-8H2,1-4H3,(H,14,15,16). The highest BCUT2D eigenvalue weighted by Gasteiger charge is 2.10. The summed E-state index contributed by atoms with van der Waals surface area (Å²) < 4.78 is 5.72. The molecule has 0 aliphatic carbocycles. The van der Waals surface area contributed by atoms with E-state index in [9.17, 15) is 0 Å². The highest BCUT2D eigenvalue weighted by atomic mass is 16.5. The fourth-order valence-electron chi connectivity index (χ4n) is 1.48. The van der Waals surface area contributed by atoms with E-state index in [4.69, 9.17) is 4.74 Å². The summed E-state index contributed by atoms with van der Waals surface area (Å²) in [5.41, 5.74) is 1.07. The van der Waals surface area contributed by atoms with Crippen molar-refractivity contribution in [2.45, 2.75) is 40.5 Å². The van der Waals surface area contributed by atoms with Crippen LogP contribution in [0.4, 0.5) is 5.82 Å². The highest BCUT2D eigenvalue weighted by Crippen LogP contribution is 2.22. The van der Waals surface area contributed by atoms with Crippen LogP contribution in [0.15, 0.2) is 6.33 Å². The zero-order valence-electron chi connectivity index (χ0n) is 11.3. The number of nitrogens with one attached hydrogen (secondary N) is 1. The first kappa shape index (κ1) is 13.7. The van der Waals surface area contributed by atoms with Gasteiger partial charge < -0.3 is 10.1 Å². The van der Waals surface area contributed by atoms with Crippen molar-refractivity contribution in [2.24, 2.45) is 5.92 Å². The molecule has 0 unspecified atom stereocenters. The molecule has 4 nitrogen and oxygen atoms in total. The van der Waals surface area contributed by atoms with Crippen LogP contribution < -0.4 is 10.1 Å². The van der Waals surface area contributed by atoms with Crippen LogP contribution in [0, 0.1) is 5.92 Å². The molecular weight excluding hydrogens is 214 g/mol. The van der Waals surface area contributed by atoms with Crippen LogP contribution in [0.1, 0.15) is 39.7 Å². The van der Waals surface area contributed by atoms with E-state index < -0.39 is 0 Å². The molecule has 0 radical (unpaired) electrons. The monoisotopic (exact) mass is 237 g/mol. The fourth-order valence-corrected chi connectivity index (χ4v) is 1.48. The molecule has 0 amide bonds. The smallest absolute Gasteiger partial charge is 0.221 e. The Kier molecular flexibility index (Phi) is 5.73. The Morgan fingerprint density at radius 2 is 2.06 bits per heavy atom. The van der Waals surface area contributed by atoms with E-state index in [-0.39, 0.29) is 0 Å². The van der Waals surface area contributed by atoms with Gasteiger partial charge >= 0.3 is 0 Å². The van der Waals surface area contributed by atoms with Crippen LogP contribution in [0.2, 0.25) is 0 Å². The van der Waals surface area contributed by atoms with Crippen molar-refractivity contribution >= 4 is 5.82 Å². The van der Waals surface area contributed by atoms with Gasteiger partial charge in [0.15, 0.2) is 0 Å². The molecule has 1 heterocycles. The molecular formula is C13H23N3O. The van der Waals surface area contributed by atoms with Gasteiger partial charge in [-0.15, -0.1) is 0 Å². The van der Waals surface area contributed by atoms with E-state index in [1.54, 1.807) is 6.33 Å². The predicted octanol–water partition coefficient (Wildman–Crippen LogP) is 2.90. The third-order valence-corrected chi connectivity index (χ3v) is 2.36. The van der Waals surface area contributed by atoms with Crippen LogP contribution >= 0.6 is 0 Å². The molecule has 1 N–H and O–H groups in total. The molecule has 1 aromatic rings. The number of hydrogen-bond acceptors (Lipinski definition) is 4. The van der Waals surface area contributed by atoms with Crippen LogP contribution in [0.3, 0.4) is 0 Å². The summed E-state index contributed by atoms with van der Waals surface area (Å²) >= 11 is 0. The number of hydrogen-bond donors (Lipinski definition) is 1. The normalized spacial score (nSPS) is 10.6. The lowest BCUT2D eigenvalue weighted by Crippen LogP contribution is -2.11. The molecule has 0 bridgehead atoms. The maximum absolute atomic E-state index is 5.72. The van der Waals surface area contributed by atoms with Gasteiger partial charge in [0.2, 0.25) is 5.88 Å². The van der Waals surface area contributed by atoms with Crippen LogP contribution in [-0.4, -0.2) is 23.1 Å². The van der Waals surface area contributed by atoms with Crippen molar-refractivity contribution in [1.29, 1.82) is 0 Å². The zero-order chi connectivity index (χ0) is 12.7. The molecule has 0 fully saturated rings. The Labute approximate surface area is 104 Å². The van der Waals surface area contributed by atoms with Crippen molar-refractivity contribution in [3.63, 3.8) is 0 Å². The van der Waals surface area contributed by atoms with Gasteiger partial charge in [-0.05, 0) is 18.8 Å². The molecule has 0 aromatic carbocycles. The third-order valence-electron chi connectivity index (χ3n) is 2.36. The lowest BCUT2D eigenvalue weighted by molar-refractivity contribution is 0.258. The summed E-state index contributed by atoms with van der Waals surface area (Å²) in [6, 6.07) is 0. The summed E-state index contributed by atoms with van der Waals surface area (Å²) in [5, 5.41) is 3.31. The summed E-state index contributed by atoms with van der Waals surface area (Å²) in [4.78, 5) is 8.49. The molecule has 0 aliphatic heterocycles. The molecule has 1 rings (SSSR count). The van der Waals surface area contributed by atoms with Gasteiger partial charge in [0.25, 0.3) is 0 Å². The lowest BCUT2D eigenvalue weighted by atomic mass is 10.2. The quantitative estimate of drug-likeness (QED) is 0.792. The van der Waals surface area contributed by atoms with E-state index in [1.165, 1.54) is 0 Å². The molecule has 0 atom stereocenters. The van der Waals surface area contributed by atoms with E-state index >= 15 is 0 Å². The van der Waals surface area contributed by atoms with Crippen molar-refractivity contribution in [1.82, 2.24) is 9.97 Å². The summed E-state index contributed by atoms with van der Waals surface area (Å²) in [6.45, 7) is 10.1. The molecule has 4 heteroatoms. The Hall–Kier alpha value is -1.32. The van der Waals surface area contributed by atoms with Gasteiger partial charge in [-0.1, -0.05) is 27.7 Å². The Bertz CT molecular complexity index is 339. The predicted molar refractivity (Wildman–Crippen MR) is 70.5 cm³/mol. The third kappa shape index (κ3) is 4.21. The average Bonchev–Trinajstić information content (AvgIpc) is 2.33. The second-order valence-electron chi connectivity index (χ2n) is 4.49. The summed E-state index contributed by atoms with van der Waals surface area (Å²) in [5.74, 6) is 2.12. The molecule has 96 valence electrons. The van der Waals surface area contributed by atoms with Crippen LogP contribution in [0.25, 0.3) is 0 Å². The van der Waals surface area contributed by atoms with Crippen LogP contribution in [0.5, 0.6) is 5.88 Å². The summed E-state index contributed by atoms with van der Waals surface area (Å²) in [7, 11) is 0. The Balaban J connectivity index is 2.81. The van der Waals surface area contributed by atoms with Gasteiger partial charge in [-0.2, -0.15) is 0 Å². The molecule has 1 aromatic heterocycles. The average molecular weight is 237 g/mol. The molecule has 0 saturated carbocycles. The van der Waals surface area contributed by atoms with E-state index in [0.29, 0.717) is 12.5 Å². The topological polar surface area (TPSA) is 47.0 Å². The summed E-state index contributed by atoms with van der Waals surface area (Å²) in [6.07, 6.45) is 3.52. The van der Waals surface area contributed by atoms with E-state index in [2.05, 4.69) is 43.0 Å². The van der Waals surface area contributed by atoms with Crippen molar-refractivity contribution in [2.75, 3.05) is 18.5 Å². The highest BCUT2D eigenvalue weighted by molar-refractivity contribution is 5.48. The molecule has 0 aliphatic rings. The first-order chi connectivity index (χ1) is 8.19. The lowest BCUT2D eigenvalue weighted by Gasteiger charge is -2.14. The van der Waals surface area contributed by atoms with Gasteiger partial charge in [-0.25, -0.2) is 9.97 Å². The van der Waals surface area contributed by atoms with E-state index in [1.807, 2.05) is 0 Å². The largest absolute Gasteiger partial charge is 0.477 e.